The minimum absolute atomic E-state index is 0.0428. The number of carbonyl (C=O) groups is 1. The van der Waals surface area contributed by atoms with Crippen molar-refractivity contribution in [3.63, 3.8) is 0 Å². The van der Waals surface area contributed by atoms with Gasteiger partial charge in [0.2, 0.25) is 0 Å². The third-order valence-corrected chi connectivity index (χ3v) is 3.88. The molecule has 0 aliphatic heterocycles. The Labute approximate surface area is 155 Å². The average Bonchev–Trinajstić information content (AvgIpc) is 2.54. The lowest BCUT2D eigenvalue weighted by Gasteiger charge is -2.16. The van der Waals surface area contributed by atoms with E-state index in [9.17, 15) is 9.18 Å². The van der Waals surface area contributed by atoms with Crippen LogP contribution >= 0.6 is 15.9 Å². The SMILES string of the molecule is CC(C)Oc1ccc(C(C)NC(=O)COc2ccc(Br)cc2F)cc1. The number of hydrogen-bond donors (Lipinski definition) is 1. The van der Waals surface area contributed by atoms with Gasteiger partial charge in [-0.05, 0) is 56.7 Å². The van der Waals surface area contributed by atoms with E-state index in [1.165, 1.54) is 12.1 Å². The molecular weight excluding hydrogens is 389 g/mol. The summed E-state index contributed by atoms with van der Waals surface area (Å²) in [7, 11) is 0. The molecule has 6 heteroatoms. The van der Waals surface area contributed by atoms with Crippen molar-refractivity contribution in [2.45, 2.75) is 32.9 Å². The summed E-state index contributed by atoms with van der Waals surface area (Å²) in [6.45, 7) is 5.55. The molecule has 2 aromatic carbocycles. The highest BCUT2D eigenvalue weighted by Crippen LogP contribution is 2.22. The number of ether oxygens (including phenoxy) is 2. The van der Waals surface area contributed by atoms with E-state index < -0.39 is 5.82 Å². The Balaban J connectivity index is 1.87. The normalized spacial score (nSPS) is 11.9. The Bertz CT molecular complexity index is 719. The van der Waals surface area contributed by atoms with Gasteiger partial charge in [-0.3, -0.25) is 4.79 Å². The second-order valence-corrected chi connectivity index (χ2v) is 6.80. The summed E-state index contributed by atoms with van der Waals surface area (Å²) in [5.41, 5.74) is 0.944. The summed E-state index contributed by atoms with van der Waals surface area (Å²) in [6.07, 6.45) is 0.110. The number of benzene rings is 2. The summed E-state index contributed by atoms with van der Waals surface area (Å²) in [4.78, 5) is 12.0. The van der Waals surface area contributed by atoms with E-state index in [0.29, 0.717) is 4.47 Å². The lowest BCUT2D eigenvalue weighted by molar-refractivity contribution is -0.123. The van der Waals surface area contributed by atoms with Crippen molar-refractivity contribution in [2.24, 2.45) is 0 Å². The number of amides is 1. The molecule has 1 N–H and O–H groups in total. The van der Waals surface area contributed by atoms with Crippen LogP contribution in [-0.4, -0.2) is 18.6 Å². The van der Waals surface area contributed by atoms with E-state index in [1.54, 1.807) is 6.07 Å². The zero-order chi connectivity index (χ0) is 18.4. The first kappa shape index (κ1) is 19.2. The molecule has 0 aromatic heterocycles. The predicted octanol–water partition coefficient (Wildman–Crippen LogP) is 4.63. The summed E-state index contributed by atoms with van der Waals surface area (Å²) >= 11 is 3.17. The van der Waals surface area contributed by atoms with Crippen molar-refractivity contribution >= 4 is 21.8 Å². The van der Waals surface area contributed by atoms with Crippen molar-refractivity contribution in [3.05, 3.63) is 58.3 Å². The monoisotopic (exact) mass is 409 g/mol. The highest BCUT2D eigenvalue weighted by atomic mass is 79.9. The maximum absolute atomic E-state index is 13.7. The van der Waals surface area contributed by atoms with Crippen LogP contribution in [-0.2, 0) is 4.79 Å². The van der Waals surface area contributed by atoms with Gasteiger partial charge < -0.3 is 14.8 Å². The van der Waals surface area contributed by atoms with Crippen LogP contribution in [0.5, 0.6) is 11.5 Å². The Morgan fingerprint density at radius 2 is 1.84 bits per heavy atom. The summed E-state index contributed by atoms with van der Waals surface area (Å²) in [6, 6.07) is 11.8. The molecule has 2 aromatic rings. The first-order valence-electron chi connectivity index (χ1n) is 7.99. The van der Waals surface area contributed by atoms with Crippen molar-refractivity contribution < 1.29 is 18.7 Å². The van der Waals surface area contributed by atoms with Crippen LogP contribution in [0.3, 0.4) is 0 Å². The third kappa shape index (κ3) is 6.05. The maximum atomic E-state index is 13.7. The number of carbonyl (C=O) groups excluding carboxylic acids is 1. The van der Waals surface area contributed by atoms with E-state index >= 15 is 0 Å². The van der Waals surface area contributed by atoms with E-state index in [2.05, 4.69) is 21.2 Å². The van der Waals surface area contributed by atoms with Crippen LogP contribution in [0.15, 0.2) is 46.9 Å². The molecule has 0 bridgehead atoms. The molecule has 0 radical (unpaired) electrons. The molecule has 4 nitrogen and oxygen atoms in total. The van der Waals surface area contributed by atoms with Gasteiger partial charge in [-0.1, -0.05) is 28.1 Å². The van der Waals surface area contributed by atoms with Gasteiger partial charge in [0.25, 0.3) is 5.91 Å². The lowest BCUT2D eigenvalue weighted by atomic mass is 10.1. The summed E-state index contributed by atoms with van der Waals surface area (Å²) in [5.74, 6) is -0.0131. The second-order valence-electron chi connectivity index (χ2n) is 5.89. The maximum Gasteiger partial charge on any atom is 0.258 e. The van der Waals surface area contributed by atoms with Crippen LogP contribution in [0, 0.1) is 5.82 Å². The van der Waals surface area contributed by atoms with Crippen molar-refractivity contribution in [3.8, 4) is 11.5 Å². The summed E-state index contributed by atoms with van der Waals surface area (Å²) < 4.78 is 25.1. The first-order chi connectivity index (χ1) is 11.8. The molecule has 0 fully saturated rings. The van der Waals surface area contributed by atoms with Crippen LogP contribution in [0.1, 0.15) is 32.4 Å². The molecule has 1 unspecified atom stereocenters. The Morgan fingerprint density at radius 3 is 2.44 bits per heavy atom. The fourth-order valence-electron chi connectivity index (χ4n) is 2.21. The van der Waals surface area contributed by atoms with Crippen molar-refractivity contribution in [1.29, 1.82) is 0 Å². The van der Waals surface area contributed by atoms with E-state index in [0.717, 1.165) is 11.3 Å². The fourth-order valence-corrected chi connectivity index (χ4v) is 2.54. The fraction of sp³-hybridized carbons (Fsp3) is 0.316. The molecule has 1 amide bonds. The number of hydrogen-bond acceptors (Lipinski definition) is 3. The number of rotatable bonds is 7. The highest BCUT2D eigenvalue weighted by Gasteiger charge is 2.12. The van der Waals surface area contributed by atoms with Crippen molar-refractivity contribution in [2.75, 3.05) is 6.61 Å². The van der Waals surface area contributed by atoms with Gasteiger partial charge >= 0.3 is 0 Å². The Hall–Kier alpha value is -2.08. The van der Waals surface area contributed by atoms with Gasteiger partial charge in [0.15, 0.2) is 18.2 Å². The zero-order valence-electron chi connectivity index (χ0n) is 14.4. The first-order valence-corrected chi connectivity index (χ1v) is 8.78. The second kappa shape index (κ2) is 8.85. The van der Waals surface area contributed by atoms with E-state index in [-0.39, 0.29) is 30.4 Å². The molecule has 2 rings (SSSR count). The predicted molar refractivity (Wildman–Crippen MR) is 98.4 cm³/mol. The molecule has 1 atom stereocenters. The molecule has 0 saturated carbocycles. The van der Waals surface area contributed by atoms with Gasteiger partial charge in [-0.2, -0.15) is 0 Å². The molecule has 0 aliphatic rings. The molecule has 0 heterocycles. The molecule has 25 heavy (non-hydrogen) atoms. The molecule has 0 aliphatic carbocycles. The number of halogens is 2. The Kier molecular flexibility index (Phi) is 6.82. The van der Waals surface area contributed by atoms with Gasteiger partial charge in [0, 0.05) is 4.47 Å². The van der Waals surface area contributed by atoms with Gasteiger partial charge in [-0.25, -0.2) is 4.39 Å². The minimum Gasteiger partial charge on any atom is -0.491 e. The van der Waals surface area contributed by atoms with Crippen LogP contribution in [0.2, 0.25) is 0 Å². The smallest absolute Gasteiger partial charge is 0.258 e. The molecule has 0 spiro atoms. The van der Waals surface area contributed by atoms with E-state index in [1.807, 2.05) is 45.0 Å². The van der Waals surface area contributed by atoms with Crippen LogP contribution in [0.4, 0.5) is 4.39 Å². The standard InChI is InChI=1S/C19H21BrFNO3/c1-12(2)25-16-7-4-14(5-8-16)13(3)22-19(23)11-24-18-9-6-15(20)10-17(18)21/h4-10,12-13H,11H2,1-3H3,(H,22,23). The number of nitrogens with one attached hydrogen (secondary N) is 1. The van der Waals surface area contributed by atoms with Crippen LogP contribution < -0.4 is 14.8 Å². The molecule has 134 valence electrons. The quantitative estimate of drug-likeness (QED) is 0.724. The van der Waals surface area contributed by atoms with Gasteiger partial charge in [0.05, 0.1) is 12.1 Å². The van der Waals surface area contributed by atoms with Crippen molar-refractivity contribution in [1.82, 2.24) is 5.32 Å². The molecule has 0 saturated heterocycles. The largest absolute Gasteiger partial charge is 0.491 e. The topological polar surface area (TPSA) is 47.6 Å². The lowest BCUT2D eigenvalue weighted by Crippen LogP contribution is -2.31. The van der Waals surface area contributed by atoms with Gasteiger partial charge in [-0.15, -0.1) is 0 Å². The minimum atomic E-state index is -0.518. The van der Waals surface area contributed by atoms with E-state index in [4.69, 9.17) is 9.47 Å². The highest BCUT2D eigenvalue weighted by molar-refractivity contribution is 9.10. The zero-order valence-corrected chi connectivity index (χ0v) is 16.0. The van der Waals surface area contributed by atoms with Gasteiger partial charge in [0.1, 0.15) is 5.75 Å². The third-order valence-electron chi connectivity index (χ3n) is 3.38. The summed E-state index contributed by atoms with van der Waals surface area (Å²) in [5, 5.41) is 2.82. The molecular formula is C19H21BrFNO3. The Morgan fingerprint density at radius 1 is 1.16 bits per heavy atom. The average molecular weight is 410 g/mol. The van der Waals surface area contributed by atoms with Crippen LogP contribution in [0.25, 0.3) is 0 Å².